The average molecular weight is 202 g/mol. The monoisotopic (exact) mass is 202 g/mol. The lowest BCUT2D eigenvalue weighted by Crippen LogP contribution is -2.35. The Bertz CT molecular complexity index is 206. The minimum atomic E-state index is -0.609. The predicted octanol–water partition coefficient (Wildman–Crippen LogP) is 0.215. The summed E-state index contributed by atoms with van der Waals surface area (Å²) in [6, 6.07) is -0.609. The lowest BCUT2D eigenvalue weighted by Gasteiger charge is -2.13. The molecule has 4 N–H and O–H groups in total. The molecule has 0 spiro atoms. The van der Waals surface area contributed by atoms with Gasteiger partial charge in [0.05, 0.1) is 6.04 Å². The van der Waals surface area contributed by atoms with Crippen molar-refractivity contribution >= 4 is 11.7 Å². The number of hydrogen-bond acceptors (Lipinski definition) is 4. The van der Waals surface area contributed by atoms with Crippen LogP contribution >= 0.6 is 0 Å². The number of hydroxylamine groups is 1. The molecule has 0 aliphatic rings. The molecule has 0 rings (SSSR count). The van der Waals surface area contributed by atoms with Gasteiger partial charge in [0.25, 0.3) is 0 Å². The smallest absolute Gasteiger partial charge is 0.243 e. The number of amides is 1. The van der Waals surface area contributed by atoms with Crippen molar-refractivity contribution in [3.8, 4) is 0 Å². The number of nitrogens with one attached hydrogen (secondary N) is 1. The summed E-state index contributed by atoms with van der Waals surface area (Å²) in [5, 5.41) is 8.22. The molecule has 0 bridgehead atoms. The van der Waals surface area contributed by atoms with E-state index in [0.717, 1.165) is 6.42 Å². The molecule has 0 aliphatic heterocycles. The predicted molar refractivity (Wildman–Crippen MR) is 51.6 cm³/mol. The summed E-state index contributed by atoms with van der Waals surface area (Å²) in [5.41, 5.74) is 7.08. The number of carbonyl (C=O) groups is 2. The topological polar surface area (TPSA) is 92.4 Å². The summed E-state index contributed by atoms with van der Waals surface area (Å²) in [6.07, 6.45) is 1.09. The van der Waals surface area contributed by atoms with Crippen molar-refractivity contribution in [1.82, 2.24) is 5.48 Å². The summed E-state index contributed by atoms with van der Waals surface area (Å²) in [4.78, 5) is 22.1. The van der Waals surface area contributed by atoms with Gasteiger partial charge in [-0.2, -0.15) is 0 Å². The highest BCUT2D eigenvalue weighted by molar-refractivity contribution is 5.86. The molecule has 0 aromatic rings. The highest BCUT2D eigenvalue weighted by Gasteiger charge is 2.19. The van der Waals surface area contributed by atoms with Crippen LogP contribution in [0, 0.1) is 5.92 Å². The Morgan fingerprint density at radius 1 is 1.50 bits per heavy atom. The van der Waals surface area contributed by atoms with E-state index in [1.165, 1.54) is 5.48 Å². The van der Waals surface area contributed by atoms with E-state index in [1.54, 1.807) is 0 Å². The van der Waals surface area contributed by atoms with Crippen LogP contribution in [0.1, 0.15) is 33.1 Å². The molecule has 5 nitrogen and oxygen atoms in total. The number of carbonyl (C=O) groups excluding carboxylic acids is 2. The fourth-order valence-corrected chi connectivity index (χ4v) is 1.05. The fraction of sp³-hybridized carbons (Fsp3) is 0.778. The molecule has 14 heavy (non-hydrogen) atoms. The van der Waals surface area contributed by atoms with Crippen LogP contribution in [0.25, 0.3) is 0 Å². The zero-order chi connectivity index (χ0) is 11.1. The van der Waals surface area contributed by atoms with Crippen molar-refractivity contribution in [3.05, 3.63) is 0 Å². The molecule has 0 aliphatic carbocycles. The normalized spacial score (nSPS) is 14.6. The summed E-state index contributed by atoms with van der Waals surface area (Å²) in [6.45, 7) is 3.73. The molecule has 82 valence electrons. The van der Waals surface area contributed by atoms with Gasteiger partial charge >= 0.3 is 0 Å². The van der Waals surface area contributed by atoms with Gasteiger partial charge in [0.2, 0.25) is 5.91 Å². The number of Topliss-reactive ketones (excluding diaryl/α,β-unsaturated/α-hetero) is 1. The third-order valence-electron chi connectivity index (χ3n) is 2.27. The molecule has 0 saturated carbocycles. The van der Waals surface area contributed by atoms with Crippen molar-refractivity contribution in [2.45, 2.75) is 39.2 Å². The minimum absolute atomic E-state index is 0.0294. The second-order valence-electron chi connectivity index (χ2n) is 3.39. The molecule has 1 amide bonds. The molecule has 5 heteroatoms. The quantitative estimate of drug-likeness (QED) is 0.424. The van der Waals surface area contributed by atoms with E-state index >= 15 is 0 Å². The van der Waals surface area contributed by atoms with E-state index < -0.39 is 11.9 Å². The van der Waals surface area contributed by atoms with E-state index in [2.05, 4.69) is 0 Å². The van der Waals surface area contributed by atoms with Crippen molar-refractivity contribution in [3.63, 3.8) is 0 Å². The molecule has 0 aromatic carbocycles. The first-order chi connectivity index (χ1) is 6.52. The molecule has 0 radical (unpaired) electrons. The summed E-state index contributed by atoms with van der Waals surface area (Å²) < 4.78 is 0. The van der Waals surface area contributed by atoms with Crippen LogP contribution in [0.15, 0.2) is 0 Å². The standard InChI is InChI=1S/C9H18N2O3/c1-3-6(2)9(13)7(10)4-5-8(12)11-14/h6-7,14H,3-5,10H2,1-2H3,(H,11,12)/t6?,7-/m1/s1. The van der Waals surface area contributed by atoms with E-state index in [9.17, 15) is 9.59 Å². The number of rotatable bonds is 6. The molecule has 0 saturated heterocycles. The third kappa shape index (κ3) is 4.34. The molecule has 2 atom stereocenters. The van der Waals surface area contributed by atoms with Crippen LogP contribution in [0.5, 0.6) is 0 Å². The van der Waals surface area contributed by atoms with E-state index in [0.29, 0.717) is 0 Å². The van der Waals surface area contributed by atoms with E-state index in [4.69, 9.17) is 10.9 Å². The van der Waals surface area contributed by atoms with Gasteiger partial charge in [-0.15, -0.1) is 0 Å². The van der Waals surface area contributed by atoms with Gasteiger partial charge in [0, 0.05) is 12.3 Å². The van der Waals surface area contributed by atoms with Crippen LogP contribution in [0.4, 0.5) is 0 Å². The first-order valence-electron chi connectivity index (χ1n) is 4.75. The summed E-state index contributed by atoms with van der Waals surface area (Å²) >= 11 is 0. The zero-order valence-corrected chi connectivity index (χ0v) is 8.62. The molecule has 0 aromatic heterocycles. The van der Waals surface area contributed by atoms with Crippen LogP contribution < -0.4 is 11.2 Å². The second-order valence-corrected chi connectivity index (χ2v) is 3.39. The van der Waals surface area contributed by atoms with Gasteiger partial charge in [-0.1, -0.05) is 13.8 Å². The lowest BCUT2D eigenvalue weighted by molar-refractivity contribution is -0.129. The van der Waals surface area contributed by atoms with Crippen molar-refractivity contribution in [2.24, 2.45) is 11.7 Å². The maximum Gasteiger partial charge on any atom is 0.243 e. The SMILES string of the molecule is CCC(C)C(=O)[C@H](N)CCC(=O)NO. The van der Waals surface area contributed by atoms with Crippen molar-refractivity contribution in [1.29, 1.82) is 0 Å². The van der Waals surface area contributed by atoms with Crippen molar-refractivity contribution < 1.29 is 14.8 Å². The molecule has 0 fully saturated rings. The number of ketones is 1. The maximum absolute atomic E-state index is 11.5. The van der Waals surface area contributed by atoms with Gasteiger partial charge in [0.1, 0.15) is 0 Å². The Morgan fingerprint density at radius 2 is 2.07 bits per heavy atom. The molecular formula is C9H18N2O3. The first-order valence-corrected chi connectivity index (χ1v) is 4.75. The van der Waals surface area contributed by atoms with Gasteiger partial charge in [0.15, 0.2) is 5.78 Å². The number of nitrogens with two attached hydrogens (primary N) is 1. The van der Waals surface area contributed by atoms with E-state index in [1.807, 2.05) is 13.8 Å². The summed E-state index contributed by atoms with van der Waals surface area (Å²) in [7, 11) is 0. The van der Waals surface area contributed by atoms with E-state index in [-0.39, 0.29) is 24.5 Å². The maximum atomic E-state index is 11.5. The zero-order valence-electron chi connectivity index (χ0n) is 8.62. The highest BCUT2D eigenvalue weighted by atomic mass is 16.5. The molecule has 1 unspecified atom stereocenters. The minimum Gasteiger partial charge on any atom is -0.321 e. The van der Waals surface area contributed by atoms with Crippen LogP contribution in [0.2, 0.25) is 0 Å². The van der Waals surface area contributed by atoms with Crippen LogP contribution in [-0.4, -0.2) is 22.9 Å². The fourth-order valence-electron chi connectivity index (χ4n) is 1.05. The highest BCUT2D eigenvalue weighted by Crippen LogP contribution is 2.07. The van der Waals surface area contributed by atoms with Gasteiger partial charge in [-0.3, -0.25) is 14.8 Å². The van der Waals surface area contributed by atoms with Crippen LogP contribution in [-0.2, 0) is 9.59 Å². The largest absolute Gasteiger partial charge is 0.321 e. The average Bonchev–Trinajstić information content (AvgIpc) is 2.22. The van der Waals surface area contributed by atoms with Crippen molar-refractivity contribution in [2.75, 3.05) is 0 Å². The number of hydrogen-bond donors (Lipinski definition) is 3. The van der Waals surface area contributed by atoms with Crippen LogP contribution in [0.3, 0.4) is 0 Å². The Balaban J connectivity index is 3.90. The molecule has 0 heterocycles. The Kier molecular flexibility index (Phi) is 6.07. The molecular weight excluding hydrogens is 184 g/mol. The lowest BCUT2D eigenvalue weighted by atomic mass is 9.95. The van der Waals surface area contributed by atoms with Gasteiger partial charge in [-0.05, 0) is 12.8 Å². The summed E-state index contributed by atoms with van der Waals surface area (Å²) in [5.74, 6) is -0.613. The first kappa shape index (κ1) is 13.1. The third-order valence-corrected chi connectivity index (χ3v) is 2.27. The Morgan fingerprint density at radius 3 is 2.50 bits per heavy atom. The van der Waals surface area contributed by atoms with Gasteiger partial charge < -0.3 is 5.73 Å². The Hall–Kier alpha value is -0.940. The Labute approximate surface area is 83.6 Å². The second kappa shape index (κ2) is 6.50. The van der Waals surface area contributed by atoms with Gasteiger partial charge in [-0.25, -0.2) is 5.48 Å².